The monoisotopic (exact) mass is 327 g/mol. The fourth-order valence-electron chi connectivity index (χ4n) is 3.11. The molecule has 2 aromatic heterocycles. The van der Waals surface area contributed by atoms with Gasteiger partial charge in [0.15, 0.2) is 0 Å². The zero-order valence-corrected chi connectivity index (χ0v) is 13.5. The van der Waals surface area contributed by atoms with Crippen molar-refractivity contribution in [2.24, 2.45) is 0 Å². The maximum absolute atomic E-state index is 13.2. The summed E-state index contributed by atoms with van der Waals surface area (Å²) >= 11 is 1.68. The zero-order valence-electron chi connectivity index (χ0n) is 12.7. The van der Waals surface area contributed by atoms with Crippen LogP contribution in [-0.2, 0) is 12.2 Å². The van der Waals surface area contributed by atoms with Crippen LogP contribution in [-0.4, -0.2) is 9.78 Å². The average molecular weight is 327 g/mol. The van der Waals surface area contributed by atoms with Crippen molar-refractivity contribution in [2.75, 3.05) is 0 Å². The Hall–Kier alpha value is -1.98. The summed E-state index contributed by atoms with van der Waals surface area (Å²) in [6, 6.07) is 11.0. The first-order valence-electron chi connectivity index (χ1n) is 7.82. The molecule has 0 spiro atoms. The van der Waals surface area contributed by atoms with Crippen molar-refractivity contribution in [3.63, 3.8) is 0 Å². The average Bonchev–Trinajstić information content (AvgIpc) is 3.18. The molecule has 0 saturated heterocycles. The molecule has 1 aliphatic carbocycles. The van der Waals surface area contributed by atoms with Gasteiger partial charge in [0.1, 0.15) is 5.82 Å². The van der Waals surface area contributed by atoms with E-state index in [1.165, 1.54) is 6.42 Å². The molecule has 2 heterocycles. The van der Waals surface area contributed by atoms with Crippen LogP contribution in [0.2, 0.25) is 0 Å². The van der Waals surface area contributed by atoms with Crippen molar-refractivity contribution >= 4 is 11.3 Å². The van der Waals surface area contributed by atoms with Gasteiger partial charge < -0.3 is 0 Å². The molecule has 1 aromatic carbocycles. The molecule has 0 bridgehead atoms. The highest BCUT2D eigenvalue weighted by molar-refractivity contribution is 7.08. The van der Waals surface area contributed by atoms with Gasteiger partial charge in [-0.05, 0) is 54.5 Å². The quantitative estimate of drug-likeness (QED) is 0.754. The molecule has 5 heteroatoms. The summed E-state index contributed by atoms with van der Waals surface area (Å²) in [7, 11) is 0. The summed E-state index contributed by atoms with van der Waals surface area (Å²) < 4.78 is 15.1. The van der Waals surface area contributed by atoms with E-state index in [-0.39, 0.29) is 11.4 Å². The molecule has 3 nitrogen and oxygen atoms in total. The first kappa shape index (κ1) is 14.6. The first-order valence-corrected chi connectivity index (χ1v) is 8.77. The second-order valence-corrected chi connectivity index (χ2v) is 6.81. The molecule has 0 radical (unpaired) electrons. The van der Waals surface area contributed by atoms with E-state index in [2.05, 4.69) is 27.2 Å². The van der Waals surface area contributed by atoms with E-state index >= 15 is 0 Å². The van der Waals surface area contributed by atoms with Gasteiger partial charge in [0.25, 0.3) is 0 Å². The van der Waals surface area contributed by atoms with E-state index in [0.29, 0.717) is 6.67 Å². The molecule has 3 aromatic rings. The lowest BCUT2D eigenvalue weighted by Gasteiger charge is -2.43. The van der Waals surface area contributed by atoms with Gasteiger partial charge in [-0.1, -0.05) is 12.1 Å². The molecular formula is C18H18FN3S. The van der Waals surface area contributed by atoms with Crippen LogP contribution < -0.4 is 5.32 Å². The molecule has 1 aliphatic rings. The Labute approximate surface area is 138 Å². The molecule has 0 aliphatic heterocycles. The van der Waals surface area contributed by atoms with Crippen LogP contribution in [0.4, 0.5) is 4.39 Å². The molecule has 1 N–H and O–H groups in total. The Morgan fingerprint density at radius 1 is 1.17 bits per heavy atom. The predicted molar refractivity (Wildman–Crippen MR) is 90.6 cm³/mol. The fraction of sp³-hybridized carbons (Fsp3) is 0.278. The van der Waals surface area contributed by atoms with Gasteiger partial charge in [-0.25, -0.2) is 4.39 Å². The van der Waals surface area contributed by atoms with E-state index < -0.39 is 0 Å². The number of hydrogen-bond donors (Lipinski definition) is 1. The highest BCUT2D eigenvalue weighted by Crippen LogP contribution is 2.41. The Balaban J connectivity index is 1.48. The van der Waals surface area contributed by atoms with Crippen molar-refractivity contribution in [1.29, 1.82) is 0 Å². The molecule has 0 unspecified atom stereocenters. The molecule has 0 atom stereocenters. The van der Waals surface area contributed by atoms with Gasteiger partial charge in [0.05, 0.1) is 12.4 Å². The third-order valence-electron chi connectivity index (χ3n) is 4.64. The van der Waals surface area contributed by atoms with Crippen LogP contribution >= 0.6 is 11.3 Å². The second-order valence-electron chi connectivity index (χ2n) is 6.03. The standard InChI is InChI=1S/C18H18FN3S/c19-16-4-2-15(3-5-16)18(8-1-9-18)20-13-22-10-6-17(21-22)14-7-11-23-12-14/h2-7,10-12,20H,1,8-9,13H2. The Bertz CT molecular complexity index is 773. The molecule has 23 heavy (non-hydrogen) atoms. The van der Waals surface area contributed by atoms with Crippen LogP contribution in [0.15, 0.2) is 53.4 Å². The van der Waals surface area contributed by atoms with Crippen molar-refractivity contribution < 1.29 is 4.39 Å². The lowest BCUT2D eigenvalue weighted by atomic mass is 9.72. The number of halogens is 1. The summed E-state index contributed by atoms with van der Waals surface area (Å²) in [6.45, 7) is 0.654. The minimum Gasteiger partial charge on any atom is -0.289 e. The van der Waals surface area contributed by atoms with E-state index in [1.54, 1.807) is 23.5 Å². The maximum Gasteiger partial charge on any atom is 0.123 e. The molecule has 0 amide bonds. The van der Waals surface area contributed by atoms with Gasteiger partial charge in [-0.3, -0.25) is 10.00 Å². The van der Waals surface area contributed by atoms with E-state index in [0.717, 1.165) is 29.7 Å². The first-order chi connectivity index (χ1) is 11.3. The van der Waals surface area contributed by atoms with Crippen LogP contribution in [0.3, 0.4) is 0 Å². The highest BCUT2D eigenvalue weighted by atomic mass is 32.1. The number of rotatable bonds is 5. The number of nitrogens with one attached hydrogen (secondary N) is 1. The number of benzene rings is 1. The van der Waals surface area contributed by atoms with Gasteiger partial charge in [-0.15, -0.1) is 0 Å². The second kappa shape index (κ2) is 5.91. The van der Waals surface area contributed by atoms with Gasteiger partial charge in [0.2, 0.25) is 0 Å². The topological polar surface area (TPSA) is 29.9 Å². The summed E-state index contributed by atoms with van der Waals surface area (Å²) in [5.74, 6) is -0.185. The minimum absolute atomic E-state index is 0.0395. The van der Waals surface area contributed by atoms with E-state index in [1.807, 2.05) is 29.1 Å². The zero-order chi connectivity index (χ0) is 15.7. The number of hydrogen-bond acceptors (Lipinski definition) is 3. The summed E-state index contributed by atoms with van der Waals surface area (Å²) in [5, 5.41) is 12.4. The largest absolute Gasteiger partial charge is 0.289 e. The van der Waals surface area contributed by atoms with Crippen LogP contribution in [0.25, 0.3) is 11.3 Å². The molecule has 1 saturated carbocycles. The molecule has 1 fully saturated rings. The van der Waals surface area contributed by atoms with Crippen LogP contribution in [0, 0.1) is 5.82 Å². The summed E-state index contributed by atoms with van der Waals surface area (Å²) in [6.07, 6.45) is 5.36. The van der Waals surface area contributed by atoms with Gasteiger partial charge in [-0.2, -0.15) is 16.4 Å². The van der Waals surface area contributed by atoms with Crippen molar-refractivity contribution in [3.05, 3.63) is 64.7 Å². The third kappa shape index (κ3) is 2.82. The van der Waals surface area contributed by atoms with Crippen molar-refractivity contribution in [1.82, 2.24) is 15.1 Å². The Morgan fingerprint density at radius 2 is 2.00 bits per heavy atom. The van der Waals surface area contributed by atoms with Crippen LogP contribution in [0.1, 0.15) is 24.8 Å². The molecule has 4 rings (SSSR count). The highest BCUT2D eigenvalue weighted by Gasteiger charge is 2.38. The molecule has 118 valence electrons. The fourth-order valence-corrected chi connectivity index (χ4v) is 3.76. The smallest absolute Gasteiger partial charge is 0.123 e. The van der Waals surface area contributed by atoms with Crippen LogP contribution in [0.5, 0.6) is 0 Å². The number of thiophene rings is 1. The van der Waals surface area contributed by atoms with Crippen molar-refractivity contribution in [3.8, 4) is 11.3 Å². The van der Waals surface area contributed by atoms with Gasteiger partial charge in [0, 0.05) is 22.7 Å². The SMILES string of the molecule is Fc1ccc(C2(NCn3ccc(-c4ccsc4)n3)CCC2)cc1. The normalized spacial score (nSPS) is 16.2. The number of nitrogens with zero attached hydrogens (tertiary/aromatic N) is 2. The predicted octanol–water partition coefficient (Wildman–Crippen LogP) is 4.38. The molecular weight excluding hydrogens is 309 g/mol. The summed E-state index contributed by atoms with van der Waals surface area (Å²) in [5.41, 5.74) is 3.28. The lowest BCUT2D eigenvalue weighted by molar-refractivity contribution is 0.166. The van der Waals surface area contributed by atoms with E-state index in [9.17, 15) is 4.39 Å². The van der Waals surface area contributed by atoms with Gasteiger partial charge >= 0.3 is 0 Å². The Morgan fingerprint density at radius 3 is 2.65 bits per heavy atom. The maximum atomic E-state index is 13.2. The Kier molecular flexibility index (Phi) is 3.75. The van der Waals surface area contributed by atoms with E-state index in [4.69, 9.17) is 0 Å². The third-order valence-corrected chi connectivity index (χ3v) is 5.32. The number of aromatic nitrogens is 2. The van der Waals surface area contributed by atoms with Crippen molar-refractivity contribution in [2.45, 2.75) is 31.5 Å². The minimum atomic E-state index is -0.185. The lowest BCUT2D eigenvalue weighted by Crippen LogP contribution is -2.48. The summed E-state index contributed by atoms with van der Waals surface area (Å²) in [4.78, 5) is 0.